The summed E-state index contributed by atoms with van der Waals surface area (Å²) >= 11 is 0. The summed E-state index contributed by atoms with van der Waals surface area (Å²) in [7, 11) is 0. The van der Waals surface area contributed by atoms with Gasteiger partial charge < -0.3 is 5.11 Å². The number of hydrogen-bond acceptors (Lipinski definition) is 1. The second-order valence-electron chi connectivity index (χ2n) is 7.89. The SMILES string of the molecule is CCCCCCCCCCCCCCCCCC.OC1CCCC1. The quantitative estimate of drug-likeness (QED) is 0.298. The van der Waals surface area contributed by atoms with Crippen molar-refractivity contribution in [2.24, 2.45) is 0 Å². The summed E-state index contributed by atoms with van der Waals surface area (Å²) in [6.45, 7) is 4.59. The monoisotopic (exact) mass is 340 g/mol. The Labute approximate surface area is 154 Å². The van der Waals surface area contributed by atoms with Crippen LogP contribution in [0.3, 0.4) is 0 Å². The Morgan fingerprint density at radius 1 is 0.500 bits per heavy atom. The fourth-order valence-electron chi connectivity index (χ4n) is 3.53. The molecule has 1 saturated carbocycles. The molecule has 0 aromatic rings. The molecule has 0 aliphatic heterocycles. The molecule has 146 valence electrons. The van der Waals surface area contributed by atoms with Crippen molar-refractivity contribution in [1.29, 1.82) is 0 Å². The number of hydrogen-bond donors (Lipinski definition) is 1. The maximum Gasteiger partial charge on any atom is 0.0540 e. The van der Waals surface area contributed by atoms with E-state index in [2.05, 4.69) is 13.8 Å². The van der Waals surface area contributed by atoms with Crippen molar-refractivity contribution in [2.45, 2.75) is 148 Å². The first-order chi connectivity index (χ1) is 11.8. The van der Waals surface area contributed by atoms with Gasteiger partial charge in [0.05, 0.1) is 6.10 Å². The lowest BCUT2D eigenvalue weighted by Gasteiger charge is -2.03. The Hall–Kier alpha value is -0.0400. The van der Waals surface area contributed by atoms with E-state index in [9.17, 15) is 0 Å². The van der Waals surface area contributed by atoms with Gasteiger partial charge in [0.2, 0.25) is 0 Å². The van der Waals surface area contributed by atoms with E-state index in [1.807, 2.05) is 0 Å². The Morgan fingerprint density at radius 2 is 0.750 bits per heavy atom. The largest absolute Gasteiger partial charge is 0.393 e. The van der Waals surface area contributed by atoms with Crippen LogP contribution in [0.4, 0.5) is 0 Å². The minimum atomic E-state index is 0.0463. The van der Waals surface area contributed by atoms with E-state index in [4.69, 9.17) is 5.11 Å². The Bertz CT molecular complexity index is 192. The van der Waals surface area contributed by atoms with Crippen molar-refractivity contribution < 1.29 is 5.11 Å². The summed E-state index contributed by atoms with van der Waals surface area (Å²) in [6, 6.07) is 0. The van der Waals surface area contributed by atoms with Gasteiger partial charge in [0.15, 0.2) is 0 Å². The van der Waals surface area contributed by atoms with Gasteiger partial charge in [-0.05, 0) is 12.8 Å². The molecule has 0 radical (unpaired) electrons. The minimum Gasteiger partial charge on any atom is -0.393 e. The highest BCUT2D eigenvalue weighted by atomic mass is 16.3. The normalized spacial score (nSPS) is 14.6. The molecule has 1 heteroatoms. The van der Waals surface area contributed by atoms with E-state index in [1.54, 1.807) is 0 Å². The van der Waals surface area contributed by atoms with Crippen molar-refractivity contribution in [3.05, 3.63) is 0 Å². The highest BCUT2D eigenvalue weighted by molar-refractivity contribution is 4.63. The van der Waals surface area contributed by atoms with Gasteiger partial charge in [0.25, 0.3) is 0 Å². The van der Waals surface area contributed by atoms with Crippen LogP contribution in [0.15, 0.2) is 0 Å². The highest BCUT2D eigenvalue weighted by Gasteiger charge is 2.09. The third-order valence-electron chi connectivity index (χ3n) is 5.28. The molecule has 1 aliphatic carbocycles. The predicted molar refractivity (Wildman–Crippen MR) is 110 cm³/mol. The van der Waals surface area contributed by atoms with E-state index < -0.39 is 0 Å². The van der Waals surface area contributed by atoms with Crippen molar-refractivity contribution in [3.8, 4) is 0 Å². The molecule has 1 rings (SSSR count). The molecule has 0 aromatic heterocycles. The van der Waals surface area contributed by atoms with Crippen LogP contribution in [-0.4, -0.2) is 11.2 Å². The highest BCUT2D eigenvalue weighted by Crippen LogP contribution is 2.16. The van der Waals surface area contributed by atoms with Crippen molar-refractivity contribution in [2.75, 3.05) is 0 Å². The van der Waals surface area contributed by atoms with E-state index in [-0.39, 0.29) is 6.10 Å². The topological polar surface area (TPSA) is 20.2 Å². The lowest BCUT2D eigenvalue weighted by Crippen LogP contribution is -1.94. The van der Waals surface area contributed by atoms with Crippen LogP contribution in [0.5, 0.6) is 0 Å². The third kappa shape index (κ3) is 20.0. The van der Waals surface area contributed by atoms with Gasteiger partial charge in [0, 0.05) is 0 Å². The van der Waals surface area contributed by atoms with Gasteiger partial charge in [-0.1, -0.05) is 129 Å². The van der Waals surface area contributed by atoms with Gasteiger partial charge in [-0.25, -0.2) is 0 Å². The zero-order valence-electron chi connectivity index (χ0n) is 17.2. The summed E-state index contributed by atoms with van der Waals surface area (Å²) in [5.74, 6) is 0. The lowest BCUT2D eigenvalue weighted by atomic mass is 10.0. The van der Waals surface area contributed by atoms with Crippen molar-refractivity contribution in [3.63, 3.8) is 0 Å². The Morgan fingerprint density at radius 3 is 0.917 bits per heavy atom. The fourth-order valence-corrected chi connectivity index (χ4v) is 3.53. The first kappa shape index (κ1) is 24.0. The average Bonchev–Trinajstić information content (AvgIpc) is 3.07. The molecule has 0 unspecified atom stereocenters. The number of unbranched alkanes of at least 4 members (excludes halogenated alkanes) is 15. The van der Waals surface area contributed by atoms with Gasteiger partial charge >= 0.3 is 0 Å². The minimum absolute atomic E-state index is 0.0463. The Balaban J connectivity index is 0.000000728. The van der Waals surface area contributed by atoms with Gasteiger partial charge in [0.1, 0.15) is 0 Å². The Kier molecular flexibility index (Phi) is 21.0. The van der Waals surface area contributed by atoms with Crippen molar-refractivity contribution in [1.82, 2.24) is 0 Å². The van der Waals surface area contributed by atoms with Crippen LogP contribution in [0, 0.1) is 0 Å². The molecule has 1 N–H and O–H groups in total. The smallest absolute Gasteiger partial charge is 0.0540 e. The van der Waals surface area contributed by atoms with Crippen molar-refractivity contribution >= 4 is 0 Å². The van der Waals surface area contributed by atoms with Gasteiger partial charge in [-0.3, -0.25) is 0 Å². The zero-order valence-corrected chi connectivity index (χ0v) is 17.2. The van der Waals surface area contributed by atoms with Crippen LogP contribution in [0.2, 0.25) is 0 Å². The lowest BCUT2D eigenvalue weighted by molar-refractivity contribution is 0.183. The summed E-state index contributed by atoms with van der Waals surface area (Å²) in [5.41, 5.74) is 0. The van der Waals surface area contributed by atoms with Gasteiger partial charge in [-0.15, -0.1) is 0 Å². The fraction of sp³-hybridized carbons (Fsp3) is 1.00. The molecular formula is C23H48O. The van der Waals surface area contributed by atoms with Gasteiger partial charge in [-0.2, -0.15) is 0 Å². The second-order valence-corrected chi connectivity index (χ2v) is 7.89. The summed E-state index contributed by atoms with van der Waals surface area (Å²) in [6.07, 6.45) is 28.0. The van der Waals surface area contributed by atoms with Crippen LogP contribution >= 0.6 is 0 Å². The molecule has 0 amide bonds. The van der Waals surface area contributed by atoms with Crippen LogP contribution in [0.25, 0.3) is 0 Å². The molecule has 0 atom stereocenters. The molecule has 0 heterocycles. The molecule has 1 nitrogen and oxygen atoms in total. The standard InChI is InChI=1S/C18H38.C5H10O/c1-3-5-7-9-11-13-15-17-18-16-14-12-10-8-6-4-2;6-5-3-1-2-4-5/h3-18H2,1-2H3;5-6H,1-4H2. The van der Waals surface area contributed by atoms with E-state index in [0.717, 1.165) is 12.8 Å². The summed E-state index contributed by atoms with van der Waals surface area (Å²) in [4.78, 5) is 0. The number of aliphatic hydroxyl groups is 1. The van der Waals surface area contributed by atoms with E-state index in [0.29, 0.717) is 0 Å². The molecule has 1 fully saturated rings. The van der Waals surface area contributed by atoms with Crippen LogP contribution < -0.4 is 0 Å². The predicted octanol–water partition coefficient (Wildman–Crippen LogP) is 8.19. The molecule has 0 saturated heterocycles. The zero-order chi connectivity index (χ0) is 17.7. The molecule has 1 aliphatic rings. The molecule has 0 aromatic carbocycles. The first-order valence-corrected chi connectivity index (χ1v) is 11.5. The maximum atomic E-state index is 8.73. The third-order valence-corrected chi connectivity index (χ3v) is 5.28. The molecular weight excluding hydrogens is 292 g/mol. The van der Waals surface area contributed by atoms with Crippen LogP contribution in [0.1, 0.15) is 142 Å². The molecule has 24 heavy (non-hydrogen) atoms. The van der Waals surface area contributed by atoms with Crippen LogP contribution in [-0.2, 0) is 0 Å². The maximum absolute atomic E-state index is 8.73. The summed E-state index contributed by atoms with van der Waals surface area (Å²) < 4.78 is 0. The number of rotatable bonds is 15. The second kappa shape index (κ2) is 21.0. The molecule has 0 spiro atoms. The molecule has 0 bridgehead atoms. The summed E-state index contributed by atoms with van der Waals surface area (Å²) in [5, 5.41) is 8.73. The van der Waals surface area contributed by atoms with E-state index in [1.165, 1.54) is 116 Å². The van der Waals surface area contributed by atoms with E-state index >= 15 is 0 Å². The number of aliphatic hydroxyl groups excluding tert-OH is 1. The first-order valence-electron chi connectivity index (χ1n) is 11.5. The average molecular weight is 341 g/mol.